The Morgan fingerprint density at radius 1 is 1.07 bits per heavy atom. The predicted molar refractivity (Wildman–Crippen MR) is 144 cm³/mol. The summed E-state index contributed by atoms with van der Waals surface area (Å²) in [5.41, 5.74) is -1.42. The monoisotopic (exact) mass is 564 g/mol. The molecule has 1 N–H and O–H groups in total. The van der Waals surface area contributed by atoms with Gasteiger partial charge in [-0.25, -0.2) is 4.79 Å². The number of carbonyl (C=O) groups is 1. The molecule has 0 amide bonds. The minimum absolute atomic E-state index is 0.0662. The van der Waals surface area contributed by atoms with E-state index < -0.39 is 22.4 Å². The van der Waals surface area contributed by atoms with Crippen LogP contribution in [0.1, 0.15) is 72.6 Å². The van der Waals surface area contributed by atoms with Crippen molar-refractivity contribution in [2.24, 2.45) is 34.5 Å². The molecule has 40 heavy (non-hydrogen) atoms. The molecular formula is C31H48O9. The van der Waals surface area contributed by atoms with Crippen LogP contribution >= 0.6 is 0 Å². The Bertz CT molecular complexity index is 1030. The molecule has 1 saturated heterocycles. The Kier molecular flexibility index (Phi) is 7.25. The smallest absolute Gasteiger partial charge is 0.331 e. The summed E-state index contributed by atoms with van der Waals surface area (Å²) in [5, 5.41) is 12.6. The van der Waals surface area contributed by atoms with Crippen LogP contribution < -0.4 is 0 Å². The highest BCUT2D eigenvalue weighted by molar-refractivity contribution is 5.85. The van der Waals surface area contributed by atoms with Crippen LogP contribution in [0.5, 0.6) is 0 Å². The number of rotatable bonds is 7. The average Bonchev–Trinajstić information content (AvgIpc) is 3.44. The van der Waals surface area contributed by atoms with E-state index in [1.165, 1.54) is 0 Å². The standard InChI is InChI=1S/C31H48O9/c1-19-11-24-30(16-38-27(2,3)40-24)26-22(7-9-29(30,33)13-19)31(39-18-35-6)10-8-21(20-12-25(32)36-15-20)28(31,4)14-23(26)37-17-34-5/h12,19,21-24,26,33H,7-11,13-18H2,1-6H3/t19-,21+,22?,23?,24+,26?,28+,29-,30+,31-/m0/s1. The van der Waals surface area contributed by atoms with Crippen molar-refractivity contribution >= 4 is 5.97 Å². The number of aliphatic hydroxyl groups is 1. The van der Waals surface area contributed by atoms with Crippen LogP contribution in [0.25, 0.3) is 0 Å². The Balaban J connectivity index is 1.50. The summed E-state index contributed by atoms with van der Waals surface area (Å²) in [6.45, 7) is 9.55. The number of esters is 1. The first-order chi connectivity index (χ1) is 19.0. The first-order valence-electron chi connectivity index (χ1n) is 15.1. The average molecular weight is 565 g/mol. The molecule has 0 aromatic carbocycles. The molecule has 226 valence electrons. The molecule has 2 heterocycles. The highest BCUT2D eigenvalue weighted by Gasteiger charge is 2.77. The Labute approximate surface area is 238 Å². The minimum atomic E-state index is -0.940. The third-order valence-corrected chi connectivity index (χ3v) is 11.9. The second-order valence-corrected chi connectivity index (χ2v) is 14.2. The van der Waals surface area contributed by atoms with Crippen LogP contribution in [0.2, 0.25) is 0 Å². The van der Waals surface area contributed by atoms with Crippen molar-refractivity contribution < 1.29 is 43.1 Å². The van der Waals surface area contributed by atoms with Crippen molar-refractivity contribution in [3.8, 4) is 0 Å². The largest absolute Gasteiger partial charge is 0.458 e. The lowest BCUT2D eigenvalue weighted by molar-refractivity contribution is -0.405. The minimum Gasteiger partial charge on any atom is -0.458 e. The van der Waals surface area contributed by atoms with Gasteiger partial charge in [-0.3, -0.25) is 0 Å². The molecule has 6 aliphatic rings. The van der Waals surface area contributed by atoms with Crippen LogP contribution in [-0.2, 0) is 38.0 Å². The third kappa shape index (κ3) is 4.02. The molecule has 4 aliphatic carbocycles. The molecule has 0 aromatic rings. The molecule has 9 heteroatoms. The van der Waals surface area contributed by atoms with Crippen LogP contribution in [0.4, 0.5) is 0 Å². The second kappa shape index (κ2) is 10.00. The van der Waals surface area contributed by atoms with E-state index in [0.717, 1.165) is 37.7 Å². The van der Waals surface area contributed by atoms with E-state index in [1.54, 1.807) is 20.3 Å². The van der Waals surface area contributed by atoms with Gasteiger partial charge in [-0.2, -0.15) is 0 Å². The zero-order chi connectivity index (χ0) is 28.6. The van der Waals surface area contributed by atoms with Crippen LogP contribution in [0.15, 0.2) is 11.6 Å². The fourth-order valence-electron chi connectivity index (χ4n) is 10.5. The topological polar surface area (TPSA) is 102 Å². The van der Waals surface area contributed by atoms with Gasteiger partial charge in [-0.1, -0.05) is 13.8 Å². The van der Waals surface area contributed by atoms with E-state index in [2.05, 4.69) is 13.8 Å². The Morgan fingerprint density at radius 2 is 1.85 bits per heavy atom. The lowest BCUT2D eigenvalue weighted by Crippen LogP contribution is -2.78. The lowest BCUT2D eigenvalue weighted by atomic mass is 9.39. The van der Waals surface area contributed by atoms with Gasteiger partial charge in [0.05, 0.1) is 35.4 Å². The maximum absolute atomic E-state index is 12.6. The molecule has 10 atom stereocenters. The summed E-state index contributed by atoms with van der Waals surface area (Å²) in [4.78, 5) is 12.1. The summed E-state index contributed by atoms with van der Waals surface area (Å²) in [5.74, 6) is -0.553. The quantitative estimate of drug-likeness (QED) is 0.364. The van der Waals surface area contributed by atoms with E-state index in [1.807, 2.05) is 13.8 Å². The molecule has 9 nitrogen and oxygen atoms in total. The maximum Gasteiger partial charge on any atom is 0.331 e. The van der Waals surface area contributed by atoms with Gasteiger partial charge in [0.2, 0.25) is 0 Å². The van der Waals surface area contributed by atoms with Gasteiger partial charge < -0.3 is 38.3 Å². The number of cyclic esters (lactones) is 1. The molecule has 0 aromatic heterocycles. The summed E-state index contributed by atoms with van der Waals surface area (Å²) in [6, 6.07) is 0. The van der Waals surface area contributed by atoms with Gasteiger partial charge in [-0.05, 0) is 82.1 Å². The number of methoxy groups -OCH3 is 2. The van der Waals surface area contributed by atoms with Crippen molar-refractivity contribution in [1.82, 2.24) is 0 Å². The van der Waals surface area contributed by atoms with Crippen molar-refractivity contribution in [3.05, 3.63) is 11.6 Å². The van der Waals surface area contributed by atoms with Crippen molar-refractivity contribution in [1.29, 1.82) is 0 Å². The van der Waals surface area contributed by atoms with E-state index in [9.17, 15) is 9.90 Å². The van der Waals surface area contributed by atoms with Gasteiger partial charge in [0.1, 0.15) is 20.2 Å². The number of hydrogen-bond donors (Lipinski definition) is 1. The van der Waals surface area contributed by atoms with Crippen molar-refractivity contribution in [2.75, 3.05) is 41.0 Å². The highest BCUT2D eigenvalue weighted by Crippen LogP contribution is 2.73. The molecule has 4 saturated carbocycles. The van der Waals surface area contributed by atoms with Crippen molar-refractivity contribution in [3.63, 3.8) is 0 Å². The van der Waals surface area contributed by atoms with Crippen molar-refractivity contribution in [2.45, 2.75) is 102 Å². The third-order valence-electron chi connectivity index (χ3n) is 11.9. The predicted octanol–water partition coefficient (Wildman–Crippen LogP) is 3.96. The Hall–Kier alpha value is -1.07. The molecule has 0 bridgehead atoms. The fourth-order valence-corrected chi connectivity index (χ4v) is 10.5. The van der Waals surface area contributed by atoms with E-state index in [0.29, 0.717) is 32.0 Å². The molecular weight excluding hydrogens is 516 g/mol. The SMILES string of the molecule is COCOC1C[C@]2(C)[C@@H](C3=CC(=O)OC3)CC[C@]2(OCOC)C2CC[C@]3(O)C[C@@H](C)C[C@H]4OC(C)(C)OC[C@]43C12. The molecule has 0 radical (unpaired) electrons. The van der Waals surface area contributed by atoms with Gasteiger partial charge in [0, 0.05) is 31.6 Å². The van der Waals surface area contributed by atoms with Gasteiger partial charge in [0.25, 0.3) is 0 Å². The van der Waals surface area contributed by atoms with E-state index in [4.69, 9.17) is 33.2 Å². The summed E-state index contributed by atoms with van der Waals surface area (Å²) < 4.78 is 43.1. The van der Waals surface area contributed by atoms with E-state index >= 15 is 0 Å². The number of hydrogen-bond acceptors (Lipinski definition) is 9. The second-order valence-electron chi connectivity index (χ2n) is 14.2. The molecule has 1 spiro atoms. The number of carbonyl (C=O) groups excluding carboxylic acids is 1. The van der Waals surface area contributed by atoms with Crippen LogP contribution in [-0.4, -0.2) is 81.3 Å². The zero-order valence-electron chi connectivity index (χ0n) is 25.0. The van der Waals surface area contributed by atoms with Crippen LogP contribution in [0.3, 0.4) is 0 Å². The fraction of sp³-hybridized carbons (Fsp3) is 0.903. The molecule has 3 unspecified atom stereocenters. The summed E-state index contributed by atoms with van der Waals surface area (Å²) in [6.07, 6.45) is 6.76. The van der Waals surface area contributed by atoms with Crippen LogP contribution in [0, 0.1) is 34.5 Å². The van der Waals surface area contributed by atoms with E-state index in [-0.39, 0.29) is 54.9 Å². The Morgan fingerprint density at radius 3 is 2.55 bits per heavy atom. The number of ether oxygens (including phenoxy) is 7. The van der Waals surface area contributed by atoms with Gasteiger partial charge >= 0.3 is 5.97 Å². The van der Waals surface area contributed by atoms with Gasteiger partial charge in [-0.15, -0.1) is 0 Å². The zero-order valence-corrected chi connectivity index (χ0v) is 25.0. The molecule has 6 rings (SSSR count). The normalized spacial score (nSPS) is 49.4. The maximum atomic E-state index is 12.6. The molecule has 2 aliphatic heterocycles. The summed E-state index contributed by atoms with van der Waals surface area (Å²) >= 11 is 0. The molecule has 5 fully saturated rings. The highest BCUT2D eigenvalue weighted by atomic mass is 16.7. The number of fused-ring (bicyclic) bond motifs is 3. The van der Waals surface area contributed by atoms with Gasteiger partial charge in [0.15, 0.2) is 5.79 Å². The summed E-state index contributed by atoms with van der Waals surface area (Å²) in [7, 11) is 3.31. The first-order valence-corrected chi connectivity index (χ1v) is 15.1. The first kappa shape index (κ1) is 29.0. The lowest BCUT2D eigenvalue weighted by Gasteiger charge is -2.71.